The van der Waals surface area contributed by atoms with Crippen LogP contribution in [-0.4, -0.2) is 0 Å². The predicted molar refractivity (Wildman–Crippen MR) is 129 cm³/mol. The molecule has 0 N–H and O–H groups in total. The summed E-state index contributed by atoms with van der Waals surface area (Å²) in [5, 5.41) is 0. The third kappa shape index (κ3) is 3.99. The van der Waals surface area contributed by atoms with Gasteiger partial charge in [0.1, 0.15) is 11.5 Å². The Balaban J connectivity index is 1.60. The predicted octanol–water partition coefficient (Wildman–Crippen LogP) is 8.48. The second-order valence-corrected chi connectivity index (χ2v) is 7.37. The highest BCUT2D eigenvalue weighted by Gasteiger charge is 2.14. The molecule has 0 aliphatic carbocycles. The molecule has 0 heterocycles. The first-order chi connectivity index (χ1) is 15.4. The van der Waals surface area contributed by atoms with E-state index in [1.165, 1.54) is 11.1 Å². The maximum Gasteiger partial charge on any atom is 0.135 e. The normalized spacial score (nSPS) is 10.6. The van der Waals surface area contributed by atoms with Gasteiger partial charge in [-0.05, 0) is 34.4 Å². The van der Waals surface area contributed by atoms with Crippen molar-refractivity contribution in [3.05, 3.63) is 133 Å². The number of rotatable bonds is 5. The summed E-state index contributed by atoms with van der Waals surface area (Å²) < 4.78 is 6.54. The molecule has 0 unspecified atom stereocenters. The van der Waals surface area contributed by atoms with Crippen LogP contribution in [0.4, 0.5) is 0 Å². The fraction of sp³-hybridized carbons (Fsp3) is 0. The zero-order valence-corrected chi connectivity index (χ0v) is 17.1. The SMILES string of the molecule is c1ccc(-c2ccccc2Oc2ccccc2-c2ccccc2-c2ccccc2)cc1. The Kier molecular flexibility index (Phi) is 5.32. The zero-order valence-electron chi connectivity index (χ0n) is 17.1. The maximum atomic E-state index is 6.54. The molecule has 0 aliphatic heterocycles. The third-order valence-electron chi connectivity index (χ3n) is 5.38. The van der Waals surface area contributed by atoms with Crippen molar-refractivity contribution in [2.75, 3.05) is 0 Å². The van der Waals surface area contributed by atoms with Crippen molar-refractivity contribution in [2.45, 2.75) is 0 Å². The molecule has 0 aromatic heterocycles. The average molecular weight is 399 g/mol. The molecular weight excluding hydrogens is 376 g/mol. The van der Waals surface area contributed by atoms with E-state index in [0.717, 1.165) is 33.8 Å². The van der Waals surface area contributed by atoms with Crippen molar-refractivity contribution in [1.82, 2.24) is 0 Å². The zero-order chi connectivity index (χ0) is 20.9. The average Bonchev–Trinajstić information content (AvgIpc) is 2.86. The summed E-state index contributed by atoms with van der Waals surface area (Å²) in [6.45, 7) is 0. The van der Waals surface area contributed by atoms with Crippen LogP contribution in [0.25, 0.3) is 33.4 Å². The molecule has 5 aromatic rings. The van der Waals surface area contributed by atoms with Gasteiger partial charge in [-0.25, -0.2) is 0 Å². The second kappa shape index (κ2) is 8.73. The molecule has 1 heteroatoms. The molecule has 5 aromatic carbocycles. The minimum atomic E-state index is 0.842. The van der Waals surface area contributed by atoms with E-state index in [9.17, 15) is 0 Å². The van der Waals surface area contributed by atoms with E-state index in [0.29, 0.717) is 0 Å². The Morgan fingerprint density at radius 1 is 0.290 bits per heavy atom. The van der Waals surface area contributed by atoms with Crippen molar-refractivity contribution < 1.29 is 4.74 Å². The molecule has 0 aliphatic rings. The molecule has 0 bridgehead atoms. The van der Waals surface area contributed by atoms with Crippen LogP contribution in [0.2, 0.25) is 0 Å². The van der Waals surface area contributed by atoms with Crippen LogP contribution in [0.1, 0.15) is 0 Å². The van der Waals surface area contributed by atoms with E-state index in [2.05, 4.69) is 91.0 Å². The molecule has 31 heavy (non-hydrogen) atoms. The lowest BCUT2D eigenvalue weighted by atomic mass is 9.94. The van der Waals surface area contributed by atoms with Gasteiger partial charge in [-0.3, -0.25) is 0 Å². The summed E-state index contributed by atoms with van der Waals surface area (Å²) in [4.78, 5) is 0. The van der Waals surface area contributed by atoms with Crippen molar-refractivity contribution >= 4 is 0 Å². The van der Waals surface area contributed by atoms with Crippen molar-refractivity contribution in [3.63, 3.8) is 0 Å². The number of hydrogen-bond acceptors (Lipinski definition) is 1. The van der Waals surface area contributed by atoms with E-state index < -0.39 is 0 Å². The van der Waals surface area contributed by atoms with Gasteiger partial charge in [0.15, 0.2) is 0 Å². The molecule has 0 radical (unpaired) electrons. The first-order valence-electron chi connectivity index (χ1n) is 10.5. The molecule has 0 spiro atoms. The molecular formula is C30H22O. The van der Waals surface area contributed by atoms with Gasteiger partial charge in [-0.2, -0.15) is 0 Å². The van der Waals surface area contributed by atoms with Crippen molar-refractivity contribution in [1.29, 1.82) is 0 Å². The third-order valence-corrected chi connectivity index (χ3v) is 5.38. The van der Waals surface area contributed by atoms with Crippen LogP contribution < -0.4 is 4.74 Å². The fourth-order valence-corrected chi connectivity index (χ4v) is 3.90. The molecule has 5 rings (SSSR count). The highest BCUT2D eigenvalue weighted by Crippen LogP contribution is 2.40. The quantitative estimate of drug-likeness (QED) is 0.288. The van der Waals surface area contributed by atoms with Gasteiger partial charge in [0.2, 0.25) is 0 Å². The van der Waals surface area contributed by atoms with E-state index in [1.54, 1.807) is 0 Å². The van der Waals surface area contributed by atoms with Gasteiger partial charge < -0.3 is 4.74 Å². The molecule has 0 saturated carbocycles. The number of para-hydroxylation sites is 2. The summed E-state index contributed by atoms with van der Waals surface area (Å²) in [7, 11) is 0. The van der Waals surface area contributed by atoms with E-state index in [1.807, 2.05) is 42.5 Å². The van der Waals surface area contributed by atoms with Gasteiger partial charge in [-0.15, -0.1) is 0 Å². The van der Waals surface area contributed by atoms with E-state index in [-0.39, 0.29) is 0 Å². The highest BCUT2D eigenvalue weighted by atomic mass is 16.5. The largest absolute Gasteiger partial charge is 0.456 e. The first-order valence-corrected chi connectivity index (χ1v) is 10.5. The summed E-state index contributed by atoms with van der Waals surface area (Å²) >= 11 is 0. The Morgan fingerprint density at radius 3 is 1.29 bits per heavy atom. The summed E-state index contributed by atoms with van der Waals surface area (Å²) in [6, 6.07) is 45.8. The summed E-state index contributed by atoms with van der Waals surface area (Å²) in [5.41, 5.74) is 6.83. The number of hydrogen-bond donors (Lipinski definition) is 0. The molecule has 148 valence electrons. The van der Waals surface area contributed by atoms with Crippen molar-refractivity contribution in [3.8, 4) is 44.9 Å². The van der Waals surface area contributed by atoms with Crippen LogP contribution in [-0.2, 0) is 0 Å². The number of benzene rings is 5. The Hall–Kier alpha value is -4.10. The summed E-state index contributed by atoms with van der Waals surface area (Å²) in [6.07, 6.45) is 0. The van der Waals surface area contributed by atoms with Gasteiger partial charge >= 0.3 is 0 Å². The highest BCUT2D eigenvalue weighted by molar-refractivity contribution is 5.86. The van der Waals surface area contributed by atoms with E-state index >= 15 is 0 Å². The molecule has 1 nitrogen and oxygen atoms in total. The van der Waals surface area contributed by atoms with Crippen LogP contribution in [0.15, 0.2) is 133 Å². The number of ether oxygens (including phenoxy) is 1. The minimum absolute atomic E-state index is 0.842. The molecule has 0 amide bonds. The first kappa shape index (κ1) is 18.9. The lowest BCUT2D eigenvalue weighted by Gasteiger charge is -2.16. The molecule has 0 fully saturated rings. The fourth-order valence-electron chi connectivity index (χ4n) is 3.90. The lowest BCUT2D eigenvalue weighted by molar-refractivity contribution is 0.486. The second-order valence-electron chi connectivity index (χ2n) is 7.37. The summed E-state index contributed by atoms with van der Waals surface area (Å²) in [5.74, 6) is 1.69. The molecule has 0 saturated heterocycles. The monoisotopic (exact) mass is 398 g/mol. The van der Waals surface area contributed by atoms with Crippen LogP contribution in [0.5, 0.6) is 11.5 Å². The van der Waals surface area contributed by atoms with Crippen LogP contribution in [0, 0.1) is 0 Å². The smallest absolute Gasteiger partial charge is 0.135 e. The van der Waals surface area contributed by atoms with Gasteiger partial charge in [0, 0.05) is 11.1 Å². The standard InChI is InChI=1S/C30H22O/c1-3-13-23(14-4-1)25-17-7-8-19-27(25)28-20-10-12-22-30(28)31-29-21-11-9-18-26(29)24-15-5-2-6-16-24/h1-22H. The minimum Gasteiger partial charge on any atom is -0.456 e. The van der Waals surface area contributed by atoms with Crippen LogP contribution >= 0.6 is 0 Å². The van der Waals surface area contributed by atoms with Gasteiger partial charge in [0.25, 0.3) is 0 Å². The van der Waals surface area contributed by atoms with Crippen LogP contribution in [0.3, 0.4) is 0 Å². The van der Waals surface area contributed by atoms with Crippen molar-refractivity contribution in [2.24, 2.45) is 0 Å². The Labute approximate surface area is 183 Å². The lowest BCUT2D eigenvalue weighted by Crippen LogP contribution is -1.92. The maximum absolute atomic E-state index is 6.54. The topological polar surface area (TPSA) is 9.23 Å². The Bertz CT molecular complexity index is 1290. The Morgan fingerprint density at radius 2 is 0.677 bits per heavy atom. The van der Waals surface area contributed by atoms with Gasteiger partial charge in [-0.1, -0.05) is 121 Å². The van der Waals surface area contributed by atoms with Gasteiger partial charge in [0.05, 0.1) is 0 Å². The molecule has 0 atom stereocenters. The van der Waals surface area contributed by atoms with E-state index in [4.69, 9.17) is 4.74 Å².